The third-order valence-electron chi connectivity index (χ3n) is 3.61. The molecule has 0 aliphatic rings. The van der Waals surface area contributed by atoms with Crippen LogP contribution in [0.3, 0.4) is 0 Å². The number of hydrogen-bond donors (Lipinski definition) is 1. The van der Waals surface area contributed by atoms with E-state index in [-0.39, 0.29) is 18.6 Å². The molecule has 0 heterocycles. The van der Waals surface area contributed by atoms with Gasteiger partial charge >= 0.3 is 5.97 Å². The average Bonchev–Trinajstić information content (AvgIpc) is 2.65. The second-order valence-electron chi connectivity index (χ2n) is 5.34. The van der Waals surface area contributed by atoms with Gasteiger partial charge in [0.2, 0.25) is 0 Å². The van der Waals surface area contributed by atoms with Crippen molar-refractivity contribution < 1.29 is 23.8 Å². The summed E-state index contributed by atoms with van der Waals surface area (Å²) in [6.45, 7) is 1.71. The number of carbonyl (C=O) groups is 2. The van der Waals surface area contributed by atoms with Gasteiger partial charge in [-0.25, -0.2) is 4.79 Å². The van der Waals surface area contributed by atoms with E-state index in [2.05, 4.69) is 10.1 Å². The summed E-state index contributed by atoms with van der Waals surface area (Å²) in [6, 6.07) is 13.7. The van der Waals surface area contributed by atoms with Gasteiger partial charge in [0, 0.05) is 5.56 Å². The second kappa shape index (κ2) is 8.73. The molecule has 1 N–H and O–H groups in total. The first-order chi connectivity index (χ1) is 12.0. The van der Waals surface area contributed by atoms with Crippen LogP contribution in [-0.4, -0.2) is 32.7 Å². The largest absolute Gasteiger partial charge is 0.496 e. The molecule has 2 rings (SSSR count). The Balaban J connectivity index is 1.93. The number of methoxy groups -OCH3 is 2. The minimum absolute atomic E-state index is 0.163. The topological polar surface area (TPSA) is 73.9 Å². The molecule has 2 aromatic rings. The predicted molar refractivity (Wildman–Crippen MR) is 92.8 cm³/mol. The number of hydrogen-bond acceptors (Lipinski definition) is 5. The zero-order valence-electron chi connectivity index (χ0n) is 14.4. The summed E-state index contributed by atoms with van der Waals surface area (Å²) in [5.74, 6) is 0.395. The first-order valence-electron chi connectivity index (χ1n) is 7.78. The first kappa shape index (κ1) is 18.3. The van der Waals surface area contributed by atoms with Crippen LogP contribution >= 0.6 is 0 Å². The fourth-order valence-corrected chi connectivity index (χ4v) is 2.36. The molecule has 1 amide bonds. The quantitative estimate of drug-likeness (QED) is 0.783. The van der Waals surface area contributed by atoms with Crippen LogP contribution in [0.2, 0.25) is 0 Å². The molecule has 25 heavy (non-hydrogen) atoms. The van der Waals surface area contributed by atoms with Crippen LogP contribution in [-0.2, 0) is 9.53 Å². The molecule has 0 spiro atoms. The fourth-order valence-electron chi connectivity index (χ4n) is 2.36. The number of para-hydroxylation sites is 1. The molecule has 0 aliphatic heterocycles. The molecule has 0 bridgehead atoms. The van der Waals surface area contributed by atoms with Gasteiger partial charge in [-0.3, -0.25) is 4.79 Å². The Morgan fingerprint density at radius 2 is 1.84 bits per heavy atom. The lowest BCUT2D eigenvalue weighted by atomic mass is 10.1. The lowest BCUT2D eigenvalue weighted by molar-refractivity contribution is -0.123. The van der Waals surface area contributed by atoms with Crippen LogP contribution in [0.1, 0.15) is 28.9 Å². The molecule has 0 unspecified atom stereocenters. The third-order valence-corrected chi connectivity index (χ3v) is 3.61. The van der Waals surface area contributed by atoms with E-state index in [1.807, 2.05) is 31.2 Å². The maximum absolute atomic E-state index is 12.1. The van der Waals surface area contributed by atoms with Gasteiger partial charge in [0.25, 0.3) is 5.91 Å². The molecule has 0 saturated carbocycles. The highest BCUT2D eigenvalue weighted by Gasteiger charge is 2.14. The number of benzene rings is 2. The summed E-state index contributed by atoms with van der Waals surface area (Å²) in [4.78, 5) is 23.6. The van der Waals surface area contributed by atoms with Crippen molar-refractivity contribution in [1.29, 1.82) is 0 Å². The van der Waals surface area contributed by atoms with Gasteiger partial charge < -0.3 is 19.5 Å². The lowest BCUT2D eigenvalue weighted by Gasteiger charge is -2.17. The summed E-state index contributed by atoms with van der Waals surface area (Å²) < 4.78 is 15.4. The lowest BCUT2D eigenvalue weighted by Crippen LogP contribution is -2.31. The minimum atomic E-state index is -0.459. The van der Waals surface area contributed by atoms with E-state index in [0.717, 1.165) is 5.56 Å². The normalized spacial score (nSPS) is 11.3. The van der Waals surface area contributed by atoms with Crippen LogP contribution in [0.25, 0.3) is 0 Å². The summed E-state index contributed by atoms with van der Waals surface area (Å²) in [7, 11) is 2.90. The Morgan fingerprint density at radius 3 is 2.56 bits per heavy atom. The standard InChI is InChI=1S/C19H21NO5/c1-13(16-9-4-5-10-17(16)23-2)20-18(21)12-25-15-8-6-7-14(11-15)19(22)24-3/h4-11,13H,12H2,1-3H3,(H,20,21)/t13-/m0/s1. The molecular formula is C19H21NO5. The number of nitrogens with one attached hydrogen (secondary N) is 1. The second-order valence-corrected chi connectivity index (χ2v) is 5.34. The number of esters is 1. The number of ether oxygens (including phenoxy) is 3. The smallest absolute Gasteiger partial charge is 0.337 e. The molecule has 1 atom stereocenters. The van der Waals surface area contributed by atoms with Crippen LogP contribution in [0.5, 0.6) is 11.5 Å². The van der Waals surface area contributed by atoms with Gasteiger partial charge in [-0.1, -0.05) is 24.3 Å². The van der Waals surface area contributed by atoms with E-state index >= 15 is 0 Å². The van der Waals surface area contributed by atoms with Crippen molar-refractivity contribution in [3.05, 3.63) is 59.7 Å². The Morgan fingerprint density at radius 1 is 1.08 bits per heavy atom. The van der Waals surface area contributed by atoms with E-state index in [1.54, 1.807) is 25.3 Å². The van der Waals surface area contributed by atoms with Crippen molar-refractivity contribution in [2.24, 2.45) is 0 Å². The van der Waals surface area contributed by atoms with E-state index in [0.29, 0.717) is 17.1 Å². The monoisotopic (exact) mass is 343 g/mol. The van der Waals surface area contributed by atoms with Crippen molar-refractivity contribution in [2.75, 3.05) is 20.8 Å². The molecule has 0 radical (unpaired) electrons. The van der Waals surface area contributed by atoms with Crippen molar-refractivity contribution in [3.8, 4) is 11.5 Å². The maximum Gasteiger partial charge on any atom is 0.337 e. The molecule has 0 aromatic heterocycles. The van der Waals surface area contributed by atoms with Gasteiger partial charge in [0.05, 0.1) is 25.8 Å². The first-order valence-corrected chi connectivity index (χ1v) is 7.78. The van der Waals surface area contributed by atoms with Crippen molar-refractivity contribution in [1.82, 2.24) is 5.32 Å². The number of carbonyl (C=O) groups excluding carboxylic acids is 2. The summed E-state index contributed by atoms with van der Waals surface area (Å²) in [5, 5.41) is 2.85. The van der Waals surface area contributed by atoms with Crippen LogP contribution in [0.4, 0.5) is 0 Å². The fraction of sp³-hybridized carbons (Fsp3) is 0.263. The average molecular weight is 343 g/mol. The van der Waals surface area contributed by atoms with Crippen molar-refractivity contribution >= 4 is 11.9 Å². The molecule has 6 nitrogen and oxygen atoms in total. The Labute approximate surface area is 146 Å². The zero-order valence-corrected chi connectivity index (χ0v) is 14.4. The predicted octanol–water partition coefficient (Wildman–Crippen LogP) is 2.74. The third kappa shape index (κ3) is 4.97. The van der Waals surface area contributed by atoms with Crippen molar-refractivity contribution in [2.45, 2.75) is 13.0 Å². The SMILES string of the molecule is COC(=O)c1cccc(OCC(=O)N[C@@H](C)c2ccccc2OC)c1. The van der Waals surface area contributed by atoms with E-state index in [4.69, 9.17) is 9.47 Å². The van der Waals surface area contributed by atoms with Gasteiger partial charge in [0.15, 0.2) is 6.61 Å². The number of rotatable bonds is 7. The van der Waals surface area contributed by atoms with Gasteiger partial charge in [-0.2, -0.15) is 0 Å². The highest BCUT2D eigenvalue weighted by Crippen LogP contribution is 2.24. The Hall–Kier alpha value is -3.02. The van der Waals surface area contributed by atoms with Gasteiger partial charge in [-0.15, -0.1) is 0 Å². The summed E-state index contributed by atoms with van der Waals surface area (Å²) in [5.41, 5.74) is 1.24. The Kier molecular flexibility index (Phi) is 6.39. The zero-order chi connectivity index (χ0) is 18.2. The summed E-state index contributed by atoms with van der Waals surface area (Å²) in [6.07, 6.45) is 0. The molecule has 6 heteroatoms. The highest BCUT2D eigenvalue weighted by atomic mass is 16.5. The van der Waals surface area contributed by atoms with E-state index in [1.165, 1.54) is 13.2 Å². The maximum atomic E-state index is 12.1. The van der Waals surface area contributed by atoms with Gasteiger partial charge in [0.1, 0.15) is 11.5 Å². The van der Waals surface area contributed by atoms with Crippen LogP contribution in [0.15, 0.2) is 48.5 Å². The molecule has 132 valence electrons. The Bertz CT molecular complexity index is 744. The summed E-state index contributed by atoms with van der Waals surface area (Å²) >= 11 is 0. The molecule has 0 fully saturated rings. The van der Waals surface area contributed by atoms with E-state index in [9.17, 15) is 9.59 Å². The molecule has 0 saturated heterocycles. The minimum Gasteiger partial charge on any atom is -0.496 e. The molecular weight excluding hydrogens is 322 g/mol. The van der Waals surface area contributed by atoms with Crippen molar-refractivity contribution in [3.63, 3.8) is 0 Å². The molecule has 2 aromatic carbocycles. The van der Waals surface area contributed by atoms with Crippen LogP contribution in [0, 0.1) is 0 Å². The highest BCUT2D eigenvalue weighted by molar-refractivity contribution is 5.89. The number of amides is 1. The van der Waals surface area contributed by atoms with Crippen LogP contribution < -0.4 is 14.8 Å². The molecule has 0 aliphatic carbocycles. The van der Waals surface area contributed by atoms with Gasteiger partial charge in [-0.05, 0) is 31.2 Å². The van der Waals surface area contributed by atoms with E-state index < -0.39 is 5.97 Å².